The fraction of sp³-hybridized carbons (Fsp3) is 0.381. The third-order valence-electron chi connectivity index (χ3n) is 5.20. The van der Waals surface area contributed by atoms with E-state index >= 15 is 0 Å². The van der Waals surface area contributed by atoms with Gasteiger partial charge in [0, 0.05) is 32.2 Å². The molecule has 8 heteroatoms. The first-order valence-corrected chi connectivity index (χ1v) is 9.39. The smallest absolute Gasteiger partial charge is 0.416 e. The fourth-order valence-electron chi connectivity index (χ4n) is 3.59. The van der Waals surface area contributed by atoms with E-state index in [1.807, 2.05) is 24.3 Å². The zero-order valence-electron chi connectivity index (χ0n) is 16.2. The molecule has 1 saturated heterocycles. The number of rotatable bonds is 1. The highest BCUT2D eigenvalue weighted by molar-refractivity contribution is 6.03. The van der Waals surface area contributed by atoms with Crippen molar-refractivity contribution in [1.29, 1.82) is 0 Å². The molecule has 2 aromatic rings. The Kier molecular flexibility index (Phi) is 6.10. The van der Waals surface area contributed by atoms with Gasteiger partial charge in [0.1, 0.15) is 17.3 Å². The van der Waals surface area contributed by atoms with E-state index in [1.165, 1.54) is 6.07 Å². The van der Waals surface area contributed by atoms with E-state index in [0.717, 1.165) is 43.9 Å². The van der Waals surface area contributed by atoms with Gasteiger partial charge in [-0.05, 0) is 44.2 Å². The Labute approximate surface area is 174 Å². The van der Waals surface area contributed by atoms with Crippen molar-refractivity contribution < 1.29 is 17.9 Å². The molecule has 2 aliphatic rings. The second kappa shape index (κ2) is 8.24. The number of ether oxygens (including phenoxy) is 1. The van der Waals surface area contributed by atoms with Gasteiger partial charge < -0.3 is 9.64 Å². The lowest BCUT2D eigenvalue weighted by molar-refractivity contribution is -0.137. The molecule has 1 fully saturated rings. The molecule has 0 atom stereocenters. The molecule has 0 N–H and O–H groups in total. The van der Waals surface area contributed by atoms with E-state index in [2.05, 4.69) is 28.6 Å². The average Bonchev–Trinajstić information content (AvgIpc) is 2.83. The number of piperazine rings is 1. The maximum Gasteiger partial charge on any atom is 0.416 e. The van der Waals surface area contributed by atoms with Gasteiger partial charge in [0.25, 0.3) is 0 Å². The summed E-state index contributed by atoms with van der Waals surface area (Å²) in [6.45, 7) is 7.62. The van der Waals surface area contributed by atoms with Crippen LogP contribution in [0.25, 0.3) is 0 Å². The predicted molar refractivity (Wildman–Crippen MR) is 110 cm³/mol. The Balaban J connectivity index is 0.00000240. The Morgan fingerprint density at radius 2 is 1.66 bits per heavy atom. The second-order valence-corrected chi connectivity index (χ2v) is 7.33. The minimum Gasteiger partial charge on any atom is -0.454 e. The number of alkyl halides is 3. The van der Waals surface area contributed by atoms with Crippen molar-refractivity contribution in [1.82, 2.24) is 9.80 Å². The van der Waals surface area contributed by atoms with Crippen molar-refractivity contribution in [2.45, 2.75) is 26.1 Å². The lowest BCUT2D eigenvalue weighted by atomic mass is 10.1. The zero-order chi connectivity index (χ0) is 19.9. The summed E-state index contributed by atoms with van der Waals surface area (Å²) in [5, 5.41) is 0. The lowest BCUT2D eigenvalue weighted by Gasteiger charge is -2.38. The number of halogens is 4. The summed E-state index contributed by atoms with van der Waals surface area (Å²) < 4.78 is 45.5. The van der Waals surface area contributed by atoms with E-state index in [0.29, 0.717) is 23.4 Å². The first kappa shape index (κ1) is 21.5. The van der Waals surface area contributed by atoms with Crippen molar-refractivity contribution in [2.75, 3.05) is 26.2 Å². The van der Waals surface area contributed by atoms with Crippen molar-refractivity contribution >= 4 is 23.9 Å². The zero-order valence-corrected chi connectivity index (χ0v) is 17.1. The van der Waals surface area contributed by atoms with Gasteiger partial charge in [-0.2, -0.15) is 13.2 Å². The molecule has 0 spiro atoms. The van der Waals surface area contributed by atoms with Gasteiger partial charge in [-0.3, -0.25) is 4.90 Å². The standard InChI is InChI=1S/C21H22F3N3O.ClH/c1-14(2)26-9-11-27(12-10-26)20-16-5-3-4-6-18(16)28-19-8-7-15(21(22,23)24)13-17(19)25-20;/h3-8,13-14H,9-12H2,1-2H3;1H. The number of hydrogen-bond donors (Lipinski definition) is 0. The number of amidine groups is 1. The Morgan fingerprint density at radius 1 is 0.966 bits per heavy atom. The van der Waals surface area contributed by atoms with Gasteiger partial charge in [-0.1, -0.05) is 12.1 Å². The number of benzene rings is 2. The molecule has 0 aliphatic carbocycles. The average molecular weight is 426 g/mol. The SMILES string of the molecule is CC(C)N1CCN(C2=Nc3cc(C(F)(F)F)ccc3Oc3ccccc32)CC1.Cl. The monoisotopic (exact) mass is 425 g/mol. The molecule has 2 aromatic carbocycles. The maximum atomic E-state index is 13.2. The van der Waals surface area contributed by atoms with Crippen LogP contribution in [0.5, 0.6) is 11.5 Å². The van der Waals surface area contributed by atoms with Gasteiger partial charge in [0.05, 0.1) is 11.1 Å². The van der Waals surface area contributed by atoms with Crippen molar-refractivity contribution in [2.24, 2.45) is 4.99 Å². The largest absolute Gasteiger partial charge is 0.454 e. The van der Waals surface area contributed by atoms with Gasteiger partial charge in [-0.15, -0.1) is 12.4 Å². The van der Waals surface area contributed by atoms with E-state index in [9.17, 15) is 13.2 Å². The van der Waals surface area contributed by atoms with Crippen LogP contribution in [0.4, 0.5) is 18.9 Å². The molecule has 4 rings (SSSR count). The molecule has 4 nitrogen and oxygen atoms in total. The van der Waals surface area contributed by atoms with E-state index < -0.39 is 11.7 Å². The third-order valence-corrected chi connectivity index (χ3v) is 5.20. The molecule has 0 bridgehead atoms. The van der Waals surface area contributed by atoms with Crippen molar-refractivity contribution in [3.8, 4) is 11.5 Å². The lowest BCUT2D eigenvalue weighted by Crippen LogP contribution is -2.50. The summed E-state index contributed by atoms with van der Waals surface area (Å²) in [6.07, 6.45) is -4.42. The van der Waals surface area contributed by atoms with E-state index in [4.69, 9.17) is 4.74 Å². The van der Waals surface area contributed by atoms with E-state index in [-0.39, 0.29) is 18.1 Å². The Morgan fingerprint density at radius 3 is 2.31 bits per heavy atom. The molecular weight excluding hydrogens is 403 g/mol. The fourth-order valence-corrected chi connectivity index (χ4v) is 3.59. The highest BCUT2D eigenvalue weighted by atomic mass is 35.5. The van der Waals surface area contributed by atoms with Gasteiger partial charge in [0.2, 0.25) is 0 Å². The predicted octanol–water partition coefficient (Wildman–Crippen LogP) is 5.34. The van der Waals surface area contributed by atoms with Crippen molar-refractivity contribution in [3.05, 3.63) is 53.6 Å². The molecule has 0 aromatic heterocycles. The van der Waals surface area contributed by atoms with Crippen LogP contribution >= 0.6 is 12.4 Å². The van der Waals surface area contributed by atoms with Crippen LogP contribution in [0, 0.1) is 0 Å². The quantitative estimate of drug-likeness (QED) is 0.617. The molecule has 29 heavy (non-hydrogen) atoms. The summed E-state index contributed by atoms with van der Waals surface area (Å²) >= 11 is 0. The summed E-state index contributed by atoms with van der Waals surface area (Å²) in [5.41, 5.74) is 0.270. The first-order valence-electron chi connectivity index (χ1n) is 9.39. The number of nitrogens with zero attached hydrogens (tertiary/aromatic N) is 3. The number of para-hydroxylation sites is 1. The molecule has 2 heterocycles. The highest BCUT2D eigenvalue weighted by Crippen LogP contribution is 2.41. The van der Waals surface area contributed by atoms with E-state index in [1.54, 1.807) is 0 Å². The summed E-state index contributed by atoms with van der Waals surface area (Å²) in [4.78, 5) is 9.16. The molecule has 156 valence electrons. The summed E-state index contributed by atoms with van der Waals surface area (Å²) in [7, 11) is 0. The van der Waals surface area contributed by atoms with Crippen LogP contribution < -0.4 is 4.74 Å². The third kappa shape index (κ3) is 4.36. The molecule has 0 amide bonds. The molecular formula is C21H23ClF3N3O. The second-order valence-electron chi connectivity index (χ2n) is 7.33. The van der Waals surface area contributed by atoms with Crippen molar-refractivity contribution in [3.63, 3.8) is 0 Å². The molecule has 0 unspecified atom stereocenters. The van der Waals surface area contributed by atoms with Crippen LogP contribution in [0.2, 0.25) is 0 Å². The molecule has 0 radical (unpaired) electrons. The summed E-state index contributed by atoms with van der Waals surface area (Å²) in [6, 6.07) is 11.4. The van der Waals surface area contributed by atoms with Gasteiger partial charge >= 0.3 is 6.18 Å². The number of hydrogen-bond acceptors (Lipinski definition) is 4. The number of fused-ring (bicyclic) bond motifs is 2. The molecule has 2 aliphatic heterocycles. The first-order chi connectivity index (χ1) is 13.3. The summed E-state index contributed by atoms with van der Waals surface area (Å²) in [5.74, 6) is 1.60. The van der Waals surface area contributed by atoms with Crippen LogP contribution in [-0.4, -0.2) is 47.9 Å². The van der Waals surface area contributed by atoms with Crippen LogP contribution in [0.1, 0.15) is 25.0 Å². The van der Waals surface area contributed by atoms with Crippen LogP contribution in [-0.2, 0) is 6.18 Å². The normalized spacial score (nSPS) is 16.9. The Bertz CT molecular complexity index is 906. The topological polar surface area (TPSA) is 28.1 Å². The minimum atomic E-state index is -4.42. The molecule has 0 saturated carbocycles. The highest BCUT2D eigenvalue weighted by Gasteiger charge is 2.32. The Hall–Kier alpha value is -2.25. The maximum absolute atomic E-state index is 13.2. The van der Waals surface area contributed by atoms with Crippen LogP contribution in [0.15, 0.2) is 47.5 Å². The van der Waals surface area contributed by atoms with Crippen LogP contribution in [0.3, 0.4) is 0 Å². The van der Waals surface area contributed by atoms with Gasteiger partial charge in [0.15, 0.2) is 5.75 Å². The number of aliphatic imine (C=N–C) groups is 1. The van der Waals surface area contributed by atoms with Gasteiger partial charge in [-0.25, -0.2) is 4.99 Å². The minimum absolute atomic E-state index is 0.